The van der Waals surface area contributed by atoms with Gasteiger partial charge in [-0.05, 0) is 56.8 Å². The zero-order chi connectivity index (χ0) is 20.6. The Morgan fingerprint density at radius 1 is 1.10 bits per heavy atom. The molecule has 2 saturated heterocycles. The molecule has 2 aliphatic rings. The molecule has 2 aliphatic heterocycles. The van der Waals surface area contributed by atoms with Crippen LogP contribution in [-0.4, -0.2) is 74.0 Å². The zero-order valence-corrected chi connectivity index (χ0v) is 18.0. The fourth-order valence-electron chi connectivity index (χ4n) is 4.35. The lowest BCUT2D eigenvalue weighted by Crippen LogP contribution is -2.46. The van der Waals surface area contributed by atoms with Gasteiger partial charge in [-0.3, -0.25) is 14.5 Å². The van der Waals surface area contributed by atoms with Crippen molar-refractivity contribution in [2.75, 3.05) is 57.3 Å². The Morgan fingerprint density at radius 2 is 1.90 bits per heavy atom. The standard InChI is InChI=1S/C23H36N4O2/c1-19-7-5-9-22(17-19)26-15-13-25(14-16-26)11-4-3-10-24-23(29)21-8-6-12-27(18-21)20(2)28/h5,7,9,17,21H,3-4,6,8,10-16,18H2,1-2H3,(H,24,29)/t21-/m0/s1. The van der Waals surface area contributed by atoms with E-state index in [0.29, 0.717) is 6.54 Å². The highest BCUT2D eigenvalue weighted by molar-refractivity contribution is 5.80. The Labute approximate surface area is 175 Å². The van der Waals surface area contributed by atoms with E-state index in [1.54, 1.807) is 11.8 Å². The monoisotopic (exact) mass is 400 g/mol. The van der Waals surface area contributed by atoms with Crippen molar-refractivity contribution in [3.8, 4) is 0 Å². The van der Waals surface area contributed by atoms with Crippen LogP contribution in [-0.2, 0) is 9.59 Å². The van der Waals surface area contributed by atoms with Gasteiger partial charge in [-0.25, -0.2) is 0 Å². The predicted molar refractivity (Wildman–Crippen MR) is 117 cm³/mol. The van der Waals surface area contributed by atoms with Crippen molar-refractivity contribution >= 4 is 17.5 Å². The summed E-state index contributed by atoms with van der Waals surface area (Å²) in [4.78, 5) is 30.7. The molecule has 0 aliphatic carbocycles. The number of piperidine rings is 1. The second kappa shape index (κ2) is 10.6. The van der Waals surface area contributed by atoms with Gasteiger partial charge in [0, 0.05) is 58.4 Å². The molecule has 160 valence electrons. The normalized spacial score (nSPS) is 20.6. The summed E-state index contributed by atoms with van der Waals surface area (Å²) >= 11 is 0. The number of nitrogens with zero attached hydrogens (tertiary/aromatic N) is 3. The highest BCUT2D eigenvalue weighted by Gasteiger charge is 2.26. The molecule has 0 radical (unpaired) electrons. The Bertz CT molecular complexity index is 685. The van der Waals surface area contributed by atoms with Crippen LogP contribution in [0.4, 0.5) is 5.69 Å². The van der Waals surface area contributed by atoms with Crippen LogP contribution in [0.25, 0.3) is 0 Å². The maximum atomic E-state index is 12.4. The summed E-state index contributed by atoms with van der Waals surface area (Å²) in [6.07, 6.45) is 3.93. The summed E-state index contributed by atoms with van der Waals surface area (Å²) in [5.74, 6) is 0.148. The van der Waals surface area contributed by atoms with Gasteiger partial charge in [-0.2, -0.15) is 0 Å². The summed E-state index contributed by atoms with van der Waals surface area (Å²) in [5, 5.41) is 3.08. The van der Waals surface area contributed by atoms with E-state index in [0.717, 1.165) is 71.5 Å². The van der Waals surface area contributed by atoms with Crippen LogP contribution < -0.4 is 10.2 Å². The number of carbonyl (C=O) groups excluding carboxylic acids is 2. The molecule has 29 heavy (non-hydrogen) atoms. The molecule has 0 spiro atoms. The molecule has 1 N–H and O–H groups in total. The molecule has 1 atom stereocenters. The van der Waals surface area contributed by atoms with Crippen molar-refractivity contribution in [3.63, 3.8) is 0 Å². The first-order valence-electron chi connectivity index (χ1n) is 11.1. The first-order chi connectivity index (χ1) is 14.0. The van der Waals surface area contributed by atoms with Crippen molar-refractivity contribution in [1.29, 1.82) is 0 Å². The smallest absolute Gasteiger partial charge is 0.224 e. The SMILES string of the molecule is CC(=O)N1CCC[C@H](C(=O)NCCCCN2CCN(c3cccc(C)c3)CC2)C1. The number of piperazine rings is 1. The summed E-state index contributed by atoms with van der Waals surface area (Å²) in [5.41, 5.74) is 2.65. The predicted octanol–water partition coefficient (Wildman–Crippen LogP) is 2.27. The first-order valence-corrected chi connectivity index (χ1v) is 11.1. The number of nitrogens with one attached hydrogen (secondary N) is 1. The van der Waals surface area contributed by atoms with Gasteiger partial charge in [-0.15, -0.1) is 0 Å². The van der Waals surface area contributed by atoms with Crippen LogP contribution in [0.5, 0.6) is 0 Å². The van der Waals surface area contributed by atoms with E-state index < -0.39 is 0 Å². The van der Waals surface area contributed by atoms with Crippen LogP contribution in [0.15, 0.2) is 24.3 Å². The molecular weight excluding hydrogens is 364 g/mol. The zero-order valence-electron chi connectivity index (χ0n) is 18.0. The minimum Gasteiger partial charge on any atom is -0.369 e. The van der Waals surface area contributed by atoms with Gasteiger partial charge < -0.3 is 15.1 Å². The molecular formula is C23H36N4O2. The Balaban J connectivity index is 1.28. The van der Waals surface area contributed by atoms with E-state index >= 15 is 0 Å². The summed E-state index contributed by atoms with van der Waals surface area (Å²) in [7, 11) is 0. The lowest BCUT2D eigenvalue weighted by molar-refractivity contribution is -0.133. The Hall–Kier alpha value is -2.08. The van der Waals surface area contributed by atoms with Gasteiger partial charge >= 0.3 is 0 Å². The number of unbranched alkanes of at least 4 members (excludes halogenated alkanes) is 1. The molecule has 0 bridgehead atoms. The first kappa shape index (κ1) is 21.6. The van der Waals surface area contributed by atoms with Crippen molar-refractivity contribution < 1.29 is 9.59 Å². The van der Waals surface area contributed by atoms with Crippen molar-refractivity contribution in [3.05, 3.63) is 29.8 Å². The van der Waals surface area contributed by atoms with Crippen LogP contribution >= 0.6 is 0 Å². The molecule has 2 fully saturated rings. The molecule has 0 saturated carbocycles. The van der Waals surface area contributed by atoms with E-state index in [9.17, 15) is 9.59 Å². The number of likely N-dealkylation sites (tertiary alicyclic amines) is 1. The quantitative estimate of drug-likeness (QED) is 0.714. The highest BCUT2D eigenvalue weighted by Crippen LogP contribution is 2.18. The molecule has 6 heteroatoms. The van der Waals surface area contributed by atoms with Gasteiger partial charge in [0.05, 0.1) is 5.92 Å². The number of hydrogen-bond donors (Lipinski definition) is 1. The molecule has 0 aromatic heterocycles. The van der Waals surface area contributed by atoms with Crippen molar-refractivity contribution in [2.24, 2.45) is 5.92 Å². The number of anilines is 1. The molecule has 2 amide bonds. The average molecular weight is 401 g/mol. The second-order valence-corrected chi connectivity index (χ2v) is 8.47. The van der Waals surface area contributed by atoms with Crippen LogP contribution in [0.1, 0.15) is 38.2 Å². The van der Waals surface area contributed by atoms with E-state index in [4.69, 9.17) is 0 Å². The van der Waals surface area contributed by atoms with E-state index in [1.807, 2.05) is 0 Å². The number of benzene rings is 1. The highest BCUT2D eigenvalue weighted by atomic mass is 16.2. The lowest BCUT2D eigenvalue weighted by atomic mass is 9.97. The summed E-state index contributed by atoms with van der Waals surface area (Å²) < 4.78 is 0. The minimum absolute atomic E-state index is 0.0395. The molecule has 0 unspecified atom stereocenters. The fraction of sp³-hybridized carbons (Fsp3) is 0.652. The van der Waals surface area contributed by atoms with Gasteiger partial charge in [-0.1, -0.05) is 12.1 Å². The number of amides is 2. The summed E-state index contributed by atoms with van der Waals surface area (Å²) in [6.45, 7) is 11.3. The number of hydrogen-bond acceptors (Lipinski definition) is 4. The fourth-order valence-corrected chi connectivity index (χ4v) is 4.35. The second-order valence-electron chi connectivity index (χ2n) is 8.47. The number of rotatable bonds is 7. The van der Waals surface area contributed by atoms with Crippen molar-refractivity contribution in [1.82, 2.24) is 15.1 Å². The van der Waals surface area contributed by atoms with Crippen LogP contribution in [0.3, 0.4) is 0 Å². The number of carbonyl (C=O) groups is 2. The minimum atomic E-state index is -0.0395. The van der Waals surface area contributed by atoms with Gasteiger partial charge in [0.15, 0.2) is 0 Å². The third-order valence-corrected chi connectivity index (χ3v) is 6.18. The maximum Gasteiger partial charge on any atom is 0.224 e. The van der Waals surface area contributed by atoms with Crippen LogP contribution in [0.2, 0.25) is 0 Å². The largest absolute Gasteiger partial charge is 0.369 e. The maximum absolute atomic E-state index is 12.4. The molecule has 3 rings (SSSR count). The average Bonchev–Trinajstić information content (AvgIpc) is 2.74. The third-order valence-electron chi connectivity index (χ3n) is 6.18. The summed E-state index contributed by atoms with van der Waals surface area (Å²) in [6, 6.07) is 8.75. The lowest BCUT2D eigenvalue weighted by Gasteiger charge is -2.36. The van der Waals surface area contributed by atoms with Gasteiger partial charge in [0.25, 0.3) is 0 Å². The molecule has 2 heterocycles. The Morgan fingerprint density at radius 3 is 2.62 bits per heavy atom. The van der Waals surface area contributed by atoms with E-state index in [-0.39, 0.29) is 17.7 Å². The van der Waals surface area contributed by atoms with E-state index in [1.165, 1.54) is 11.3 Å². The van der Waals surface area contributed by atoms with Crippen LogP contribution in [0, 0.1) is 12.8 Å². The number of aryl methyl sites for hydroxylation is 1. The molecule has 6 nitrogen and oxygen atoms in total. The van der Waals surface area contributed by atoms with Gasteiger partial charge in [0.2, 0.25) is 11.8 Å². The van der Waals surface area contributed by atoms with Gasteiger partial charge in [0.1, 0.15) is 0 Å². The van der Waals surface area contributed by atoms with Crippen molar-refractivity contribution in [2.45, 2.75) is 39.5 Å². The molecule has 1 aromatic rings. The Kier molecular flexibility index (Phi) is 7.92. The van der Waals surface area contributed by atoms with E-state index in [2.05, 4.69) is 46.3 Å². The topological polar surface area (TPSA) is 55.9 Å². The molecule has 1 aromatic carbocycles. The third kappa shape index (κ3) is 6.46.